The minimum absolute atomic E-state index is 0.322. The molecular weight excluding hydrogens is 340 g/mol. The first-order chi connectivity index (χ1) is 12.1. The molecule has 0 unspecified atom stereocenters. The number of benzene rings is 2. The van der Waals surface area contributed by atoms with Gasteiger partial charge in [0.25, 0.3) is 5.91 Å². The maximum Gasteiger partial charge on any atom is 0.271 e. The highest BCUT2D eigenvalue weighted by Gasteiger charge is 2.08. The average Bonchev–Trinajstić information content (AvgIpc) is 3.00. The normalized spacial score (nSPS) is 11.0. The van der Waals surface area contributed by atoms with Crippen molar-refractivity contribution in [2.24, 2.45) is 5.10 Å². The molecule has 128 valence electrons. The van der Waals surface area contributed by atoms with Gasteiger partial charge in [0.2, 0.25) is 0 Å². The van der Waals surface area contributed by atoms with E-state index in [9.17, 15) is 4.79 Å². The minimum atomic E-state index is -0.322. The molecule has 3 N–H and O–H groups in total. The van der Waals surface area contributed by atoms with Crippen LogP contribution < -0.4 is 20.6 Å². The maximum absolute atomic E-state index is 12.2. The Morgan fingerprint density at radius 3 is 2.84 bits per heavy atom. The Balaban J connectivity index is 1.73. The lowest BCUT2D eigenvalue weighted by Crippen LogP contribution is -2.17. The zero-order valence-corrected chi connectivity index (χ0v) is 14.5. The van der Waals surface area contributed by atoms with Crippen LogP contribution in [-0.2, 0) is 0 Å². The van der Waals surface area contributed by atoms with Gasteiger partial charge in [0.1, 0.15) is 11.5 Å². The van der Waals surface area contributed by atoms with E-state index < -0.39 is 0 Å². The number of hydrogen-bond donors (Lipinski definition) is 2. The van der Waals surface area contributed by atoms with Crippen LogP contribution in [0.1, 0.15) is 15.9 Å². The smallest absolute Gasteiger partial charge is 0.271 e. The van der Waals surface area contributed by atoms with Crippen LogP contribution in [0.15, 0.2) is 41.5 Å². The fourth-order valence-electron chi connectivity index (χ4n) is 2.23. The lowest BCUT2D eigenvalue weighted by molar-refractivity contribution is 0.0955. The summed E-state index contributed by atoms with van der Waals surface area (Å²) in [4.78, 5) is 16.4. The van der Waals surface area contributed by atoms with Gasteiger partial charge in [-0.15, -0.1) is 0 Å². The monoisotopic (exact) mass is 356 g/mol. The van der Waals surface area contributed by atoms with Crippen molar-refractivity contribution < 1.29 is 14.3 Å². The number of nitrogens with one attached hydrogen (secondary N) is 1. The fraction of sp³-hybridized carbons (Fsp3) is 0.118. The summed E-state index contributed by atoms with van der Waals surface area (Å²) in [6.07, 6.45) is 1.51. The number of rotatable bonds is 5. The molecular formula is C17H16N4O3S. The third-order valence-electron chi connectivity index (χ3n) is 3.48. The number of hydrogen-bond acceptors (Lipinski definition) is 7. The number of fused-ring (bicyclic) bond motifs is 1. The predicted molar refractivity (Wildman–Crippen MR) is 98.6 cm³/mol. The molecule has 0 fully saturated rings. The van der Waals surface area contributed by atoms with Gasteiger partial charge >= 0.3 is 0 Å². The molecule has 1 amide bonds. The number of nitrogen functional groups attached to an aromatic ring is 1. The number of anilines is 1. The standard InChI is InChI=1S/C17H16N4O3S/c1-23-12-5-3-11(14(8-12)24-2)9-19-21-16(22)10-4-6-13-15(7-10)25-17(18)20-13/h3-9H,1-2H3,(H2,18,20)(H,21,22)/b19-9-. The van der Waals surface area contributed by atoms with Gasteiger partial charge in [-0.1, -0.05) is 11.3 Å². The number of carbonyl (C=O) groups excluding carboxylic acids is 1. The van der Waals surface area contributed by atoms with Crippen LogP contribution in [0.4, 0.5) is 5.13 Å². The van der Waals surface area contributed by atoms with E-state index in [1.807, 2.05) is 0 Å². The highest BCUT2D eigenvalue weighted by atomic mass is 32.1. The lowest BCUT2D eigenvalue weighted by atomic mass is 10.2. The molecule has 8 heteroatoms. The molecule has 0 spiro atoms. The van der Waals surface area contributed by atoms with E-state index in [2.05, 4.69) is 15.5 Å². The summed E-state index contributed by atoms with van der Waals surface area (Å²) in [5.41, 5.74) is 10.1. The van der Waals surface area contributed by atoms with Crippen LogP contribution in [-0.4, -0.2) is 31.3 Å². The molecule has 1 aromatic heterocycles. The van der Waals surface area contributed by atoms with Gasteiger partial charge in [-0.25, -0.2) is 10.4 Å². The second kappa shape index (κ2) is 7.18. The maximum atomic E-state index is 12.2. The Morgan fingerprint density at radius 2 is 2.08 bits per heavy atom. The molecule has 7 nitrogen and oxygen atoms in total. The number of methoxy groups -OCH3 is 2. The van der Waals surface area contributed by atoms with Gasteiger partial charge in [-0.3, -0.25) is 4.79 Å². The second-order valence-corrected chi connectivity index (χ2v) is 6.10. The van der Waals surface area contributed by atoms with Crippen molar-refractivity contribution >= 4 is 38.8 Å². The summed E-state index contributed by atoms with van der Waals surface area (Å²) in [7, 11) is 3.14. The van der Waals surface area contributed by atoms with E-state index in [1.165, 1.54) is 17.6 Å². The number of aromatic nitrogens is 1. The second-order valence-electron chi connectivity index (χ2n) is 5.04. The summed E-state index contributed by atoms with van der Waals surface area (Å²) in [5.74, 6) is 0.951. The molecule has 3 rings (SSSR count). The first kappa shape index (κ1) is 16.7. The van der Waals surface area contributed by atoms with Crippen LogP contribution in [0.25, 0.3) is 10.2 Å². The van der Waals surface area contributed by atoms with E-state index in [0.717, 1.165) is 10.2 Å². The number of ether oxygens (including phenoxy) is 2. The molecule has 0 aliphatic heterocycles. The minimum Gasteiger partial charge on any atom is -0.497 e. The lowest BCUT2D eigenvalue weighted by Gasteiger charge is -2.07. The summed E-state index contributed by atoms with van der Waals surface area (Å²) in [6, 6.07) is 10.5. The molecule has 0 aliphatic carbocycles. The molecule has 0 radical (unpaired) electrons. The molecule has 25 heavy (non-hydrogen) atoms. The molecule has 0 saturated carbocycles. The van der Waals surface area contributed by atoms with Gasteiger partial charge in [0.05, 0.1) is 30.7 Å². The zero-order chi connectivity index (χ0) is 17.8. The molecule has 1 heterocycles. The third kappa shape index (κ3) is 3.69. The summed E-state index contributed by atoms with van der Waals surface area (Å²) < 4.78 is 11.3. The van der Waals surface area contributed by atoms with Crippen LogP contribution in [0.5, 0.6) is 11.5 Å². The summed E-state index contributed by atoms with van der Waals surface area (Å²) in [6.45, 7) is 0. The van der Waals surface area contributed by atoms with Gasteiger partial charge in [-0.2, -0.15) is 5.10 Å². The highest BCUT2D eigenvalue weighted by Crippen LogP contribution is 2.25. The number of amides is 1. The van der Waals surface area contributed by atoms with Crippen LogP contribution >= 0.6 is 11.3 Å². The summed E-state index contributed by atoms with van der Waals surface area (Å²) in [5, 5.41) is 4.45. The Morgan fingerprint density at radius 1 is 1.24 bits per heavy atom. The predicted octanol–water partition coefficient (Wildman–Crippen LogP) is 2.66. The SMILES string of the molecule is COc1ccc(/C=N\NC(=O)c2ccc3nc(N)sc3c2)c(OC)c1. The van der Waals surface area contributed by atoms with Crippen molar-refractivity contribution in [2.45, 2.75) is 0 Å². The highest BCUT2D eigenvalue weighted by molar-refractivity contribution is 7.22. The van der Waals surface area contributed by atoms with Gasteiger partial charge in [0.15, 0.2) is 5.13 Å². The third-order valence-corrected chi connectivity index (χ3v) is 4.32. The first-order valence-corrected chi connectivity index (χ1v) is 8.14. The van der Waals surface area contributed by atoms with Crippen molar-refractivity contribution in [3.05, 3.63) is 47.5 Å². The van der Waals surface area contributed by atoms with E-state index in [1.54, 1.807) is 50.6 Å². The van der Waals surface area contributed by atoms with E-state index >= 15 is 0 Å². The number of nitrogens with two attached hydrogens (primary N) is 1. The Kier molecular flexibility index (Phi) is 4.80. The van der Waals surface area contributed by atoms with Crippen LogP contribution in [0, 0.1) is 0 Å². The van der Waals surface area contributed by atoms with Crippen molar-refractivity contribution in [2.75, 3.05) is 20.0 Å². The average molecular weight is 356 g/mol. The fourth-order valence-corrected chi connectivity index (χ4v) is 3.01. The van der Waals surface area contributed by atoms with E-state index in [-0.39, 0.29) is 5.91 Å². The van der Waals surface area contributed by atoms with Gasteiger partial charge in [-0.05, 0) is 30.3 Å². The molecule has 0 aliphatic rings. The summed E-state index contributed by atoms with van der Waals surface area (Å²) >= 11 is 1.33. The van der Waals surface area contributed by atoms with E-state index in [0.29, 0.717) is 27.8 Å². The molecule has 0 saturated heterocycles. The van der Waals surface area contributed by atoms with E-state index in [4.69, 9.17) is 15.2 Å². The van der Waals surface area contributed by atoms with Crippen molar-refractivity contribution in [1.82, 2.24) is 10.4 Å². The van der Waals surface area contributed by atoms with Crippen molar-refractivity contribution in [3.8, 4) is 11.5 Å². The number of nitrogens with zero attached hydrogens (tertiary/aromatic N) is 2. The zero-order valence-electron chi connectivity index (χ0n) is 13.6. The number of carbonyl (C=O) groups is 1. The van der Waals surface area contributed by atoms with Gasteiger partial charge in [0, 0.05) is 17.2 Å². The molecule has 2 aromatic carbocycles. The van der Waals surface area contributed by atoms with Gasteiger partial charge < -0.3 is 15.2 Å². The first-order valence-electron chi connectivity index (χ1n) is 7.32. The quantitative estimate of drug-likeness (QED) is 0.541. The topological polar surface area (TPSA) is 98.8 Å². The number of hydrazone groups is 1. The Hall–Kier alpha value is -3.13. The van der Waals surface area contributed by atoms with Crippen molar-refractivity contribution in [1.29, 1.82) is 0 Å². The number of thiazole rings is 1. The Labute approximate surface area is 148 Å². The molecule has 0 bridgehead atoms. The van der Waals surface area contributed by atoms with Crippen molar-refractivity contribution in [3.63, 3.8) is 0 Å². The van der Waals surface area contributed by atoms with Crippen LogP contribution in [0.2, 0.25) is 0 Å². The Bertz CT molecular complexity index is 952. The largest absolute Gasteiger partial charge is 0.497 e. The van der Waals surface area contributed by atoms with Crippen LogP contribution in [0.3, 0.4) is 0 Å². The molecule has 0 atom stereocenters. The molecule has 3 aromatic rings.